The van der Waals surface area contributed by atoms with Gasteiger partial charge in [-0.3, -0.25) is 0 Å². The number of oxazole rings is 1. The van der Waals surface area contributed by atoms with Gasteiger partial charge in [-0.05, 0) is 52.7 Å². The minimum absolute atomic E-state index is 0.0465. The van der Waals surface area contributed by atoms with Crippen LogP contribution in [0, 0.1) is 0 Å². The Balaban J connectivity index is 1.48. The maximum Gasteiger partial charge on any atom is 0.433 e. The largest absolute Gasteiger partial charge is 0.494 e. The molecule has 190 valence electrons. The van der Waals surface area contributed by atoms with Crippen molar-refractivity contribution in [3.63, 3.8) is 0 Å². The summed E-state index contributed by atoms with van der Waals surface area (Å²) in [5.41, 5.74) is 7.40. The first-order valence-corrected chi connectivity index (χ1v) is 12.3. The molecule has 0 radical (unpaired) electrons. The molecule has 0 fully saturated rings. The van der Waals surface area contributed by atoms with Crippen molar-refractivity contribution in [1.82, 2.24) is 15.3 Å². The number of halogens is 4. The molecule has 0 saturated heterocycles. The summed E-state index contributed by atoms with van der Waals surface area (Å²) in [4.78, 5) is 8.38. The molecule has 5 aromatic rings. The Kier molecular flexibility index (Phi) is 6.57. The molecule has 0 amide bonds. The number of pyridine rings is 1. The second-order valence-corrected chi connectivity index (χ2v) is 9.48. The van der Waals surface area contributed by atoms with E-state index < -0.39 is 11.9 Å². The van der Waals surface area contributed by atoms with Crippen molar-refractivity contribution >= 4 is 49.6 Å². The van der Waals surface area contributed by atoms with Gasteiger partial charge in [-0.15, -0.1) is 11.3 Å². The van der Waals surface area contributed by atoms with Gasteiger partial charge in [0.15, 0.2) is 0 Å². The maximum atomic E-state index is 13.3. The summed E-state index contributed by atoms with van der Waals surface area (Å²) in [6.45, 7) is 4.64. The molecule has 3 aromatic heterocycles. The Hall–Kier alpha value is -3.60. The number of alkyl halides is 3. The SMILES string of the molecule is C=C(NCc1csc2cc(Cl)ccc12)c1nc(-c2ccc(OC)c3nc(C(F)(F)F)ccc23)oc1CN. The van der Waals surface area contributed by atoms with Crippen LogP contribution in [0.1, 0.15) is 22.7 Å². The standard InChI is InChI=1S/C26H20ClF3N4O2S/c1-13(32-11-14-12-37-21-9-15(27)3-4-16(14)21)23-20(10-31)36-25(34-23)18-5-7-19(35-2)24-17(18)6-8-22(33-24)26(28,29)30/h3-9,12,32H,1,10-11,31H2,2H3. The van der Waals surface area contributed by atoms with Crippen molar-refractivity contribution < 1.29 is 22.3 Å². The van der Waals surface area contributed by atoms with Crippen LogP contribution in [0.3, 0.4) is 0 Å². The van der Waals surface area contributed by atoms with Gasteiger partial charge in [-0.2, -0.15) is 13.2 Å². The highest BCUT2D eigenvalue weighted by atomic mass is 35.5. The molecule has 0 spiro atoms. The lowest BCUT2D eigenvalue weighted by atomic mass is 10.1. The Morgan fingerprint density at radius 2 is 1.95 bits per heavy atom. The highest BCUT2D eigenvalue weighted by Crippen LogP contribution is 2.37. The number of benzene rings is 2. The van der Waals surface area contributed by atoms with E-state index in [0.29, 0.717) is 39.7 Å². The fraction of sp³-hybridized carbons (Fsp3) is 0.154. The average Bonchev–Trinajstić information content (AvgIpc) is 3.49. The van der Waals surface area contributed by atoms with Crippen LogP contribution in [-0.4, -0.2) is 17.1 Å². The monoisotopic (exact) mass is 544 g/mol. The van der Waals surface area contributed by atoms with Crippen molar-refractivity contribution in [2.45, 2.75) is 19.3 Å². The third-order valence-electron chi connectivity index (χ3n) is 5.84. The zero-order valence-corrected chi connectivity index (χ0v) is 21.0. The van der Waals surface area contributed by atoms with Crippen LogP contribution < -0.4 is 15.8 Å². The van der Waals surface area contributed by atoms with Crippen LogP contribution in [0.4, 0.5) is 13.2 Å². The number of ether oxygens (including phenoxy) is 1. The summed E-state index contributed by atoms with van der Waals surface area (Å²) in [5, 5.41) is 7.48. The molecule has 5 rings (SSSR count). The zero-order chi connectivity index (χ0) is 26.3. The molecule has 0 atom stereocenters. The predicted molar refractivity (Wildman–Crippen MR) is 139 cm³/mol. The summed E-state index contributed by atoms with van der Waals surface area (Å²) >= 11 is 7.68. The number of aromatic nitrogens is 2. The minimum Gasteiger partial charge on any atom is -0.494 e. The number of methoxy groups -OCH3 is 1. The van der Waals surface area contributed by atoms with Gasteiger partial charge in [-0.25, -0.2) is 9.97 Å². The molecular formula is C26H20ClF3N4O2S. The molecule has 6 nitrogen and oxygen atoms in total. The number of hydrogen-bond acceptors (Lipinski definition) is 7. The fourth-order valence-electron chi connectivity index (χ4n) is 4.02. The number of rotatable bonds is 7. The van der Waals surface area contributed by atoms with Crippen LogP contribution in [0.5, 0.6) is 5.75 Å². The second kappa shape index (κ2) is 9.70. The van der Waals surface area contributed by atoms with E-state index in [1.165, 1.54) is 19.2 Å². The van der Waals surface area contributed by atoms with E-state index >= 15 is 0 Å². The van der Waals surface area contributed by atoms with E-state index in [9.17, 15) is 13.2 Å². The molecule has 0 unspecified atom stereocenters. The van der Waals surface area contributed by atoms with Crippen LogP contribution >= 0.6 is 22.9 Å². The van der Waals surface area contributed by atoms with Gasteiger partial charge in [0, 0.05) is 27.2 Å². The van der Waals surface area contributed by atoms with Crippen molar-refractivity contribution in [3.05, 3.63) is 82.2 Å². The Morgan fingerprint density at radius 3 is 2.68 bits per heavy atom. The number of nitrogens with zero attached hydrogens (tertiary/aromatic N) is 2. The minimum atomic E-state index is -4.60. The third-order valence-corrected chi connectivity index (χ3v) is 7.07. The van der Waals surface area contributed by atoms with Crippen LogP contribution in [0.15, 0.2) is 58.8 Å². The van der Waals surface area contributed by atoms with Gasteiger partial charge in [-0.1, -0.05) is 24.2 Å². The molecule has 37 heavy (non-hydrogen) atoms. The third kappa shape index (κ3) is 4.75. The highest BCUT2D eigenvalue weighted by molar-refractivity contribution is 7.17. The van der Waals surface area contributed by atoms with Crippen LogP contribution in [-0.2, 0) is 19.3 Å². The van der Waals surface area contributed by atoms with Crippen molar-refractivity contribution in [3.8, 4) is 17.2 Å². The lowest BCUT2D eigenvalue weighted by Crippen LogP contribution is -2.13. The van der Waals surface area contributed by atoms with E-state index in [0.717, 1.165) is 21.7 Å². The summed E-state index contributed by atoms with van der Waals surface area (Å²) < 4.78 is 52.1. The summed E-state index contributed by atoms with van der Waals surface area (Å²) in [6.07, 6.45) is -4.60. The normalized spacial score (nSPS) is 11.8. The zero-order valence-electron chi connectivity index (χ0n) is 19.4. The summed E-state index contributed by atoms with van der Waals surface area (Å²) in [5.74, 6) is 0.771. The predicted octanol–water partition coefficient (Wildman–Crippen LogP) is 7.00. The van der Waals surface area contributed by atoms with E-state index in [1.54, 1.807) is 17.4 Å². The van der Waals surface area contributed by atoms with Crippen LogP contribution in [0.2, 0.25) is 5.02 Å². The molecule has 0 aliphatic heterocycles. The second-order valence-electron chi connectivity index (χ2n) is 8.13. The molecule has 11 heteroatoms. The Labute approximate surface area is 218 Å². The van der Waals surface area contributed by atoms with E-state index in [2.05, 4.69) is 21.9 Å². The first-order chi connectivity index (χ1) is 17.7. The smallest absolute Gasteiger partial charge is 0.433 e. The van der Waals surface area contributed by atoms with E-state index in [1.807, 2.05) is 23.6 Å². The number of thiophene rings is 1. The van der Waals surface area contributed by atoms with Gasteiger partial charge < -0.3 is 20.2 Å². The van der Waals surface area contributed by atoms with E-state index in [4.69, 9.17) is 26.5 Å². The molecule has 0 bridgehead atoms. The average molecular weight is 545 g/mol. The first-order valence-electron chi connectivity index (χ1n) is 11.0. The number of fused-ring (bicyclic) bond motifs is 2. The van der Waals surface area contributed by atoms with Crippen molar-refractivity contribution in [2.24, 2.45) is 5.73 Å². The van der Waals surface area contributed by atoms with Gasteiger partial charge in [0.2, 0.25) is 5.89 Å². The summed E-state index contributed by atoms with van der Waals surface area (Å²) in [7, 11) is 1.37. The molecule has 0 saturated carbocycles. The molecule has 3 heterocycles. The lowest BCUT2D eigenvalue weighted by molar-refractivity contribution is -0.140. The van der Waals surface area contributed by atoms with Crippen LogP contribution in [0.25, 0.3) is 38.1 Å². The maximum absolute atomic E-state index is 13.3. The van der Waals surface area contributed by atoms with Gasteiger partial charge >= 0.3 is 6.18 Å². The molecule has 2 aromatic carbocycles. The van der Waals surface area contributed by atoms with Gasteiger partial charge in [0.25, 0.3) is 0 Å². The number of nitrogens with one attached hydrogen (secondary N) is 1. The molecular weight excluding hydrogens is 525 g/mol. The quantitative estimate of drug-likeness (QED) is 0.229. The van der Waals surface area contributed by atoms with Crippen molar-refractivity contribution in [2.75, 3.05) is 7.11 Å². The summed E-state index contributed by atoms with van der Waals surface area (Å²) in [6, 6.07) is 11.2. The van der Waals surface area contributed by atoms with Gasteiger partial charge in [0.05, 0.1) is 19.4 Å². The van der Waals surface area contributed by atoms with Crippen molar-refractivity contribution in [1.29, 1.82) is 0 Å². The first kappa shape index (κ1) is 25.1. The van der Waals surface area contributed by atoms with E-state index in [-0.39, 0.29) is 23.7 Å². The molecule has 3 N–H and O–H groups in total. The number of nitrogens with two attached hydrogens (primary N) is 1. The fourth-order valence-corrected chi connectivity index (χ4v) is 5.26. The molecule has 0 aliphatic rings. The lowest BCUT2D eigenvalue weighted by Gasteiger charge is -2.11. The molecule has 0 aliphatic carbocycles. The topological polar surface area (TPSA) is 86.2 Å². The van der Waals surface area contributed by atoms with Gasteiger partial charge in [0.1, 0.15) is 28.4 Å². The highest BCUT2D eigenvalue weighted by Gasteiger charge is 2.33. The Bertz CT molecular complexity index is 1640. The number of hydrogen-bond donors (Lipinski definition) is 2. The Morgan fingerprint density at radius 1 is 1.16 bits per heavy atom.